The summed E-state index contributed by atoms with van der Waals surface area (Å²) in [6.45, 7) is 10.1. The van der Waals surface area contributed by atoms with Crippen LogP contribution in [0.4, 0.5) is 4.79 Å². The highest BCUT2D eigenvalue weighted by atomic mass is 16.6. The maximum absolute atomic E-state index is 13.0. The number of ether oxygens (including phenoxy) is 2. The molecule has 0 aliphatic carbocycles. The number of cyclic esters (lactones) is 1. The highest BCUT2D eigenvalue weighted by molar-refractivity contribution is 5.70. The number of esters is 1. The van der Waals surface area contributed by atoms with Crippen LogP contribution in [0, 0.1) is 5.92 Å². The molecule has 9 nitrogen and oxygen atoms in total. The fourth-order valence-electron chi connectivity index (χ4n) is 4.84. The van der Waals surface area contributed by atoms with Crippen LogP contribution in [0.2, 0.25) is 0 Å². The summed E-state index contributed by atoms with van der Waals surface area (Å²) in [5, 5.41) is 21.8. The molecule has 2 aliphatic heterocycles. The minimum atomic E-state index is -1.44. The number of nitrogens with zero attached hydrogens (tertiary/aromatic N) is 3. The fraction of sp³-hybridized carbons (Fsp3) is 0.581. The molecule has 1 fully saturated rings. The van der Waals surface area contributed by atoms with Crippen LogP contribution in [0.3, 0.4) is 0 Å². The zero-order valence-corrected chi connectivity index (χ0v) is 24.4. The Hall–Kier alpha value is -3.01. The second-order valence-corrected chi connectivity index (χ2v) is 11.3. The second kappa shape index (κ2) is 14.6. The number of likely N-dealkylation sites (N-methyl/N-ethyl adjacent to an activating group) is 1. The summed E-state index contributed by atoms with van der Waals surface area (Å²) < 4.78 is 11.7. The second-order valence-electron chi connectivity index (χ2n) is 11.3. The number of piperazine rings is 1. The molecule has 3 rings (SSSR count). The molecule has 2 N–H and O–H groups in total. The van der Waals surface area contributed by atoms with Gasteiger partial charge in [-0.15, -0.1) is 0 Å². The van der Waals surface area contributed by atoms with E-state index in [2.05, 4.69) is 16.8 Å². The van der Waals surface area contributed by atoms with Gasteiger partial charge in [-0.1, -0.05) is 44.2 Å². The van der Waals surface area contributed by atoms with Crippen molar-refractivity contribution in [1.82, 2.24) is 14.8 Å². The van der Waals surface area contributed by atoms with Gasteiger partial charge in [0.05, 0.1) is 12.5 Å². The van der Waals surface area contributed by atoms with E-state index in [1.54, 1.807) is 24.1 Å². The molecule has 1 aromatic heterocycles. The van der Waals surface area contributed by atoms with Crippen LogP contribution in [0.25, 0.3) is 0 Å². The zero-order valence-electron chi connectivity index (χ0n) is 24.4. The Morgan fingerprint density at radius 2 is 1.98 bits per heavy atom. The lowest BCUT2D eigenvalue weighted by Gasteiger charge is -2.36. The SMILES string of the molecule is CC(=CC=CC(C)c1ccccn1)C1OC(=O)CC(O)CCC(C)(O)C(OC(=O)N2CCN(C)CC2)C=CC1C. The van der Waals surface area contributed by atoms with E-state index < -0.39 is 36.0 Å². The van der Waals surface area contributed by atoms with Crippen molar-refractivity contribution in [3.63, 3.8) is 0 Å². The predicted molar refractivity (Wildman–Crippen MR) is 154 cm³/mol. The molecule has 0 radical (unpaired) electrons. The van der Waals surface area contributed by atoms with Gasteiger partial charge >= 0.3 is 12.1 Å². The van der Waals surface area contributed by atoms with Gasteiger partial charge in [0, 0.05) is 49.9 Å². The Labute approximate surface area is 238 Å². The van der Waals surface area contributed by atoms with Crippen LogP contribution in [0.5, 0.6) is 0 Å². The van der Waals surface area contributed by atoms with Gasteiger partial charge in [-0.25, -0.2) is 4.79 Å². The van der Waals surface area contributed by atoms with Gasteiger partial charge in [0.2, 0.25) is 0 Å². The van der Waals surface area contributed by atoms with Crippen LogP contribution in [0.1, 0.15) is 58.6 Å². The van der Waals surface area contributed by atoms with E-state index in [0.29, 0.717) is 13.1 Å². The standard InChI is InChI=1S/C31H45N3O6/c1-22(26-11-6-7-16-32-26)9-8-10-23(2)29-24(3)12-13-27(39-30(37)34-19-17-33(5)18-20-34)31(4,38)15-14-25(35)21-28(36)40-29/h6-13,16,22,24-25,27,29,35,38H,14-15,17-21H2,1-5H3. The van der Waals surface area contributed by atoms with Gasteiger partial charge < -0.3 is 29.5 Å². The van der Waals surface area contributed by atoms with Crippen LogP contribution in [0.15, 0.2) is 60.3 Å². The third kappa shape index (κ3) is 9.28. The van der Waals surface area contributed by atoms with Crippen molar-refractivity contribution in [3.05, 3.63) is 66.0 Å². The zero-order chi connectivity index (χ0) is 29.3. The minimum Gasteiger partial charge on any atom is -0.457 e. The Kier molecular flexibility index (Phi) is 11.5. The lowest BCUT2D eigenvalue weighted by Crippen LogP contribution is -2.50. The average molecular weight is 556 g/mol. The van der Waals surface area contributed by atoms with Crippen LogP contribution in [-0.4, -0.2) is 94.2 Å². The van der Waals surface area contributed by atoms with E-state index in [-0.39, 0.29) is 31.1 Å². The van der Waals surface area contributed by atoms with E-state index in [0.717, 1.165) is 24.4 Å². The van der Waals surface area contributed by atoms with Crippen molar-refractivity contribution in [2.75, 3.05) is 33.2 Å². The summed E-state index contributed by atoms with van der Waals surface area (Å²) in [5.74, 6) is -0.692. The van der Waals surface area contributed by atoms with Gasteiger partial charge in [-0.2, -0.15) is 0 Å². The Balaban J connectivity index is 1.81. The number of amides is 1. The Bertz CT molecular complexity index is 1060. The largest absolute Gasteiger partial charge is 0.457 e. The van der Waals surface area contributed by atoms with Crippen molar-refractivity contribution in [1.29, 1.82) is 0 Å². The fourth-order valence-corrected chi connectivity index (χ4v) is 4.84. The summed E-state index contributed by atoms with van der Waals surface area (Å²) in [7, 11) is 2.01. The minimum absolute atomic E-state index is 0.106. The molecule has 2 aliphatic rings. The number of hydrogen-bond donors (Lipinski definition) is 2. The lowest BCUT2D eigenvalue weighted by molar-refractivity contribution is -0.151. The summed E-state index contributed by atoms with van der Waals surface area (Å²) in [5.41, 5.74) is 0.337. The molecule has 0 bridgehead atoms. The molecule has 220 valence electrons. The summed E-state index contributed by atoms with van der Waals surface area (Å²) in [6.07, 6.45) is 8.23. The molecule has 9 heteroatoms. The van der Waals surface area contributed by atoms with Crippen molar-refractivity contribution >= 4 is 12.1 Å². The molecular weight excluding hydrogens is 510 g/mol. The van der Waals surface area contributed by atoms with E-state index in [1.807, 2.05) is 63.4 Å². The van der Waals surface area contributed by atoms with E-state index in [4.69, 9.17) is 9.47 Å². The molecule has 1 amide bonds. The molecule has 6 atom stereocenters. The number of hydrogen-bond acceptors (Lipinski definition) is 8. The van der Waals surface area contributed by atoms with Gasteiger partial charge in [0.15, 0.2) is 6.10 Å². The van der Waals surface area contributed by atoms with E-state index in [1.165, 1.54) is 0 Å². The maximum Gasteiger partial charge on any atom is 0.410 e. The Morgan fingerprint density at radius 1 is 1.25 bits per heavy atom. The molecule has 0 aromatic carbocycles. The predicted octanol–water partition coefficient (Wildman–Crippen LogP) is 3.84. The quantitative estimate of drug-likeness (QED) is 0.320. The number of pyridine rings is 1. The van der Waals surface area contributed by atoms with Gasteiger partial charge in [0.1, 0.15) is 11.7 Å². The van der Waals surface area contributed by atoms with Gasteiger partial charge in [-0.3, -0.25) is 9.78 Å². The summed E-state index contributed by atoms with van der Waals surface area (Å²) in [6, 6.07) is 5.80. The third-order valence-electron chi connectivity index (χ3n) is 7.68. The first kappa shape index (κ1) is 31.5. The molecular formula is C31H45N3O6. The number of allylic oxidation sites excluding steroid dienone is 3. The van der Waals surface area contributed by atoms with Crippen molar-refractivity contribution in [2.45, 2.75) is 76.8 Å². The molecule has 1 saturated heterocycles. The maximum atomic E-state index is 13.0. The Morgan fingerprint density at radius 3 is 2.65 bits per heavy atom. The molecule has 1 aromatic rings. The first-order chi connectivity index (χ1) is 19.0. The highest BCUT2D eigenvalue weighted by Crippen LogP contribution is 2.27. The number of carbonyl (C=O) groups excluding carboxylic acids is 2. The highest BCUT2D eigenvalue weighted by Gasteiger charge is 2.36. The van der Waals surface area contributed by atoms with E-state index >= 15 is 0 Å². The summed E-state index contributed by atoms with van der Waals surface area (Å²) in [4.78, 5) is 33.9. The third-order valence-corrected chi connectivity index (χ3v) is 7.68. The van der Waals surface area contributed by atoms with Crippen LogP contribution in [-0.2, 0) is 14.3 Å². The van der Waals surface area contributed by atoms with E-state index in [9.17, 15) is 19.8 Å². The van der Waals surface area contributed by atoms with Crippen LogP contribution < -0.4 is 0 Å². The number of aliphatic hydroxyl groups is 2. The van der Waals surface area contributed by atoms with Gasteiger partial charge in [-0.05, 0) is 57.5 Å². The number of rotatable bonds is 5. The van der Waals surface area contributed by atoms with Crippen molar-refractivity contribution < 1.29 is 29.3 Å². The normalized spacial score (nSPS) is 30.3. The first-order valence-corrected chi connectivity index (χ1v) is 14.1. The average Bonchev–Trinajstić information content (AvgIpc) is 2.92. The number of aromatic nitrogens is 1. The number of aliphatic hydroxyl groups excluding tert-OH is 1. The smallest absolute Gasteiger partial charge is 0.410 e. The topological polar surface area (TPSA) is 112 Å². The molecule has 40 heavy (non-hydrogen) atoms. The van der Waals surface area contributed by atoms with Crippen molar-refractivity contribution in [2.24, 2.45) is 5.92 Å². The van der Waals surface area contributed by atoms with Crippen molar-refractivity contribution in [3.8, 4) is 0 Å². The molecule has 6 unspecified atom stereocenters. The number of carbonyl (C=O) groups is 2. The molecule has 0 spiro atoms. The monoisotopic (exact) mass is 555 g/mol. The van der Waals surface area contributed by atoms with Gasteiger partial charge in [0.25, 0.3) is 0 Å². The molecule has 3 heterocycles. The lowest BCUT2D eigenvalue weighted by atomic mass is 9.88. The molecule has 0 saturated carbocycles. The van der Waals surface area contributed by atoms with Crippen LogP contribution >= 0.6 is 0 Å². The summed E-state index contributed by atoms with van der Waals surface area (Å²) >= 11 is 0. The first-order valence-electron chi connectivity index (χ1n) is 14.1.